The molecule has 24 heavy (non-hydrogen) atoms. The van der Waals surface area contributed by atoms with Crippen molar-refractivity contribution in [2.24, 2.45) is 0 Å². The Bertz CT molecular complexity index is 708. The summed E-state index contributed by atoms with van der Waals surface area (Å²) in [5.41, 5.74) is 1.89. The normalized spacial score (nSPS) is 11.5. The van der Waals surface area contributed by atoms with Crippen LogP contribution in [0.4, 0.5) is 10.2 Å². The predicted octanol–water partition coefficient (Wildman–Crippen LogP) is 3.33. The molecule has 0 atom stereocenters. The van der Waals surface area contributed by atoms with E-state index < -0.39 is 8.60 Å². The first kappa shape index (κ1) is 18.3. The maximum absolute atomic E-state index is 13.1. The van der Waals surface area contributed by atoms with E-state index in [2.05, 4.69) is 14.5 Å². The molecule has 0 unspecified atom stereocenters. The van der Waals surface area contributed by atoms with Gasteiger partial charge in [-0.3, -0.25) is 4.98 Å². The topological polar surface area (TPSA) is 78.7 Å². The minimum atomic E-state index is -2.45. The van der Waals surface area contributed by atoms with Gasteiger partial charge in [-0.25, -0.2) is 9.37 Å². The highest BCUT2D eigenvalue weighted by atomic mass is 31.2. The SMILES string of the molecule is CC(C)N(C)c1nc(/C=C/OP(O)O)cnc1-c1ccc(F)cc1. The Hall–Kier alpha value is -2.08. The van der Waals surface area contributed by atoms with E-state index in [1.54, 1.807) is 12.1 Å². The van der Waals surface area contributed by atoms with Crippen LogP contribution in [0.1, 0.15) is 19.5 Å². The van der Waals surface area contributed by atoms with Gasteiger partial charge in [-0.05, 0) is 38.1 Å². The molecule has 0 aliphatic rings. The van der Waals surface area contributed by atoms with Crippen molar-refractivity contribution in [3.63, 3.8) is 0 Å². The molecule has 128 valence electrons. The Morgan fingerprint density at radius 3 is 2.50 bits per heavy atom. The molecule has 0 fully saturated rings. The van der Waals surface area contributed by atoms with Crippen molar-refractivity contribution < 1.29 is 18.7 Å². The summed E-state index contributed by atoms with van der Waals surface area (Å²) in [6.07, 6.45) is 4.18. The van der Waals surface area contributed by atoms with Crippen molar-refractivity contribution in [1.29, 1.82) is 0 Å². The van der Waals surface area contributed by atoms with Crippen LogP contribution in [0, 0.1) is 5.82 Å². The van der Waals surface area contributed by atoms with Gasteiger partial charge in [-0.1, -0.05) is 0 Å². The van der Waals surface area contributed by atoms with E-state index in [0.29, 0.717) is 17.2 Å². The Morgan fingerprint density at radius 1 is 1.25 bits per heavy atom. The van der Waals surface area contributed by atoms with Crippen molar-refractivity contribution >= 4 is 20.5 Å². The summed E-state index contributed by atoms with van der Waals surface area (Å²) in [4.78, 5) is 28.4. The molecule has 6 nitrogen and oxygen atoms in total. The van der Waals surface area contributed by atoms with E-state index >= 15 is 0 Å². The molecule has 0 spiro atoms. The zero-order chi connectivity index (χ0) is 17.7. The average molecular weight is 351 g/mol. The maximum atomic E-state index is 13.1. The number of halogens is 1. The molecule has 0 aliphatic heterocycles. The first-order chi connectivity index (χ1) is 11.4. The number of hydrogen-bond donors (Lipinski definition) is 2. The van der Waals surface area contributed by atoms with E-state index in [-0.39, 0.29) is 11.9 Å². The molecule has 0 bridgehead atoms. The van der Waals surface area contributed by atoms with Gasteiger partial charge in [-0.2, -0.15) is 0 Å². The number of hydrogen-bond acceptors (Lipinski definition) is 6. The van der Waals surface area contributed by atoms with Crippen LogP contribution in [0.2, 0.25) is 0 Å². The number of anilines is 1. The number of rotatable bonds is 6. The van der Waals surface area contributed by atoms with Crippen molar-refractivity contribution in [3.05, 3.63) is 48.2 Å². The number of benzene rings is 1. The Labute approximate surface area is 141 Å². The second-order valence-corrected chi connectivity index (χ2v) is 6.06. The molecule has 1 aromatic heterocycles. The Morgan fingerprint density at radius 2 is 1.92 bits per heavy atom. The van der Waals surface area contributed by atoms with E-state index in [1.807, 2.05) is 25.8 Å². The van der Waals surface area contributed by atoms with Crippen molar-refractivity contribution in [2.75, 3.05) is 11.9 Å². The zero-order valence-corrected chi connectivity index (χ0v) is 14.5. The van der Waals surface area contributed by atoms with Gasteiger partial charge < -0.3 is 19.2 Å². The van der Waals surface area contributed by atoms with Crippen LogP contribution in [-0.2, 0) is 4.52 Å². The fourth-order valence-corrected chi connectivity index (χ4v) is 2.10. The van der Waals surface area contributed by atoms with E-state index in [0.717, 1.165) is 11.8 Å². The Balaban J connectivity index is 2.43. The van der Waals surface area contributed by atoms with Crippen molar-refractivity contribution in [1.82, 2.24) is 9.97 Å². The third-order valence-corrected chi connectivity index (χ3v) is 3.70. The molecule has 2 aromatic rings. The summed E-state index contributed by atoms with van der Waals surface area (Å²) in [5, 5.41) is 0. The molecule has 0 saturated carbocycles. The number of aromatic nitrogens is 2. The van der Waals surface area contributed by atoms with Crippen LogP contribution < -0.4 is 4.90 Å². The van der Waals surface area contributed by atoms with E-state index in [9.17, 15) is 4.39 Å². The largest absolute Gasteiger partial charge is 0.435 e. The van der Waals surface area contributed by atoms with Gasteiger partial charge in [0.1, 0.15) is 11.5 Å². The van der Waals surface area contributed by atoms with Crippen molar-refractivity contribution in [3.8, 4) is 11.3 Å². The molecule has 0 radical (unpaired) electrons. The van der Waals surface area contributed by atoms with E-state index in [1.165, 1.54) is 24.4 Å². The minimum Gasteiger partial charge on any atom is -0.435 e. The molecule has 0 amide bonds. The van der Waals surface area contributed by atoms with Crippen molar-refractivity contribution in [2.45, 2.75) is 19.9 Å². The third kappa shape index (κ3) is 4.71. The average Bonchev–Trinajstić information content (AvgIpc) is 2.54. The maximum Gasteiger partial charge on any atom is 0.390 e. The highest BCUT2D eigenvalue weighted by molar-refractivity contribution is 7.39. The zero-order valence-electron chi connectivity index (χ0n) is 13.6. The summed E-state index contributed by atoms with van der Waals surface area (Å²) in [6, 6.07) is 6.24. The summed E-state index contributed by atoms with van der Waals surface area (Å²) in [5.74, 6) is 0.320. The third-order valence-electron chi connectivity index (χ3n) is 3.39. The number of nitrogens with zero attached hydrogens (tertiary/aromatic N) is 3. The van der Waals surface area contributed by atoms with Gasteiger partial charge in [0.05, 0.1) is 18.2 Å². The highest BCUT2D eigenvalue weighted by Crippen LogP contribution is 2.29. The molecule has 8 heteroatoms. The molecule has 0 aliphatic carbocycles. The van der Waals surface area contributed by atoms with Gasteiger partial charge in [0.2, 0.25) is 0 Å². The lowest BCUT2D eigenvalue weighted by Crippen LogP contribution is -2.27. The fraction of sp³-hybridized carbons (Fsp3) is 0.250. The van der Waals surface area contributed by atoms with Crippen LogP contribution in [-0.4, -0.2) is 32.8 Å². The molecule has 2 N–H and O–H groups in total. The molecular weight excluding hydrogens is 332 g/mol. The Kier molecular flexibility index (Phi) is 6.20. The quantitative estimate of drug-likeness (QED) is 0.614. The van der Waals surface area contributed by atoms with Gasteiger partial charge in [0, 0.05) is 24.7 Å². The fourth-order valence-electron chi connectivity index (χ4n) is 1.93. The first-order valence-electron chi connectivity index (χ1n) is 7.25. The summed E-state index contributed by atoms with van der Waals surface area (Å²) in [6.45, 7) is 4.04. The summed E-state index contributed by atoms with van der Waals surface area (Å²) < 4.78 is 17.7. The van der Waals surface area contributed by atoms with Crippen LogP contribution >= 0.6 is 8.60 Å². The first-order valence-corrected chi connectivity index (χ1v) is 8.42. The van der Waals surface area contributed by atoms with E-state index in [4.69, 9.17) is 9.79 Å². The standard InChI is InChI=1S/C16H19FN3O3P/c1-11(2)20(3)16-15(12-4-6-13(17)7-5-12)18-10-14(19-16)8-9-23-24(21)22/h4-11,21-22H,1-3H3/b9-8+. The molecule has 1 heterocycles. The monoisotopic (exact) mass is 351 g/mol. The lowest BCUT2D eigenvalue weighted by molar-refractivity contribution is 0.344. The van der Waals surface area contributed by atoms with Gasteiger partial charge >= 0.3 is 8.60 Å². The second-order valence-electron chi connectivity index (χ2n) is 5.34. The van der Waals surface area contributed by atoms with Crippen LogP contribution in [0.3, 0.4) is 0 Å². The van der Waals surface area contributed by atoms with Crippen LogP contribution in [0.5, 0.6) is 0 Å². The molecule has 2 rings (SSSR count). The van der Waals surface area contributed by atoms with Crippen LogP contribution in [0.15, 0.2) is 36.7 Å². The van der Waals surface area contributed by atoms with Gasteiger partial charge in [-0.15, -0.1) is 0 Å². The molecule has 0 saturated heterocycles. The highest BCUT2D eigenvalue weighted by Gasteiger charge is 2.15. The predicted molar refractivity (Wildman–Crippen MR) is 92.4 cm³/mol. The second kappa shape index (κ2) is 8.15. The lowest BCUT2D eigenvalue weighted by atomic mass is 10.1. The van der Waals surface area contributed by atoms with Gasteiger partial charge in [0.15, 0.2) is 5.82 Å². The minimum absolute atomic E-state index is 0.177. The summed E-state index contributed by atoms with van der Waals surface area (Å²) >= 11 is 0. The molecular formula is C16H19FN3O3P. The van der Waals surface area contributed by atoms with Crippen LogP contribution in [0.25, 0.3) is 17.3 Å². The lowest BCUT2D eigenvalue weighted by Gasteiger charge is -2.24. The smallest absolute Gasteiger partial charge is 0.390 e. The molecule has 1 aromatic carbocycles. The van der Waals surface area contributed by atoms with Gasteiger partial charge in [0.25, 0.3) is 0 Å². The summed E-state index contributed by atoms with van der Waals surface area (Å²) in [7, 11) is -0.558.